The van der Waals surface area contributed by atoms with Gasteiger partial charge in [-0.25, -0.2) is 4.39 Å². The van der Waals surface area contributed by atoms with Crippen LogP contribution in [0.4, 0.5) is 10.1 Å². The maximum absolute atomic E-state index is 13.0. The van der Waals surface area contributed by atoms with Crippen LogP contribution < -0.4 is 10.6 Å². The van der Waals surface area contributed by atoms with Gasteiger partial charge in [0.25, 0.3) is 0 Å². The number of amides is 2. The predicted molar refractivity (Wildman–Crippen MR) is 92.3 cm³/mol. The molecule has 0 unspecified atom stereocenters. The molecule has 2 amide bonds. The van der Waals surface area contributed by atoms with E-state index in [1.165, 1.54) is 23.9 Å². The molecular weight excluding hydrogens is 327 g/mol. The van der Waals surface area contributed by atoms with Gasteiger partial charge >= 0.3 is 0 Å². The van der Waals surface area contributed by atoms with E-state index in [9.17, 15) is 14.0 Å². The zero-order valence-electron chi connectivity index (χ0n) is 13.1. The van der Waals surface area contributed by atoms with Crippen LogP contribution in [-0.4, -0.2) is 17.1 Å². The van der Waals surface area contributed by atoms with E-state index >= 15 is 0 Å². The van der Waals surface area contributed by atoms with Crippen molar-refractivity contribution in [2.24, 2.45) is 0 Å². The second-order valence-corrected chi connectivity index (χ2v) is 6.88. The first-order valence-electron chi connectivity index (χ1n) is 7.64. The third kappa shape index (κ3) is 3.76. The summed E-state index contributed by atoms with van der Waals surface area (Å²) in [6, 6.07) is 13.3. The molecule has 0 fully saturated rings. The Morgan fingerprint density at radius 3 is 2.71 bits per heavy atom. The van der Waals surface area contributed by atoms with Crippen molar-refractivity contribution < 1.29 is 14.0 Å². The van der Waals surface area contributed by atoms with Gasteiger partial charge in [-0.3, -0.25) is 9.59 Å². The Balaban J connectivity index is 1.61. The number of benzene rings is 2. The molecule has 1 aliphatic heterocycles. The van der Waals surface area contributed by atoms with E-state index in [0.717, 1.165) is 16.1 Å². The minimum Gasteiger partial charge on any atom is -0.350 e. The van der Waals surface area contributed by atoms with Crippen LogP contribution in [0, 0.1) is 5.82 Å². The molecule has 0 radical (unpaired) electrons. The molecule has 0 aromatic heterocycles. The highest BCUT2D eigenvalue weighted by Gasteiger charge is 2.29. The number of hydrogen-bond donors (Lipinski definition) is 2. The molecule has 0 saturated carbocycles. The Morgan fingerprint density at radius 1 is 1.25 bits per heavy atom. The number of nitrogens with one attached hydrogen (secondary N) is 2. The fourth-order valence-corrected chi connectivity index (χ4v) is 3.64. The molecule has 0 saturated heterocycles. The number of carbonyl (C=O) groups excluding carboxylic acids is 2. The van der Waals surface area contributed by atoms with Gasteiger partial charge in [0.15, 0.2) is 0 Å². The fraction of sp³-hybridized carbons (Fsp3) is 0.222. The van der Waals surface area contributed by atoms with Crippen LogP contribution in [0.5, 0.6) is 0 Å². The average molecular weight is 344 g/mol. The number of anilines is 1. The number of halogens is 1. The molecule has 4 nitrogen and oxygen atoms in total. The second-order valence-electron chi connectivity index (χ2n) is 5.64. The zero-order valence-corrected chi connectivity index (χ0v) is 13.9. The van der Waals surface area contributed by atoms with Crippen LogP contribution in [0.3, 0.4) is 0 Å². The highest BCUT2D eigenvalue weighted by atomic mass is 32.2. The van der Waals surface area contributed by atoms with E-state index in [-0.39, 0.29) is 30.1 Å². The Bertz CT molecular complexity index is 764. The summed E-state index contributed by atoms with van der Waals surface area (Å²) in [4.78, 5) is 25.3. The topological polar surface area (TPSA) is 58.2 Å². The van der Waals surface area contributed by atoms with Crippen LogP contribution in [0.25, 0.3) is 0 Å². The summed E-state index contributed by atoms with van der Waals surface area (Å²) in [5, 5.41) is 5.22. The van der Waals surface area contributed by atoms with Gasteiger partial charge in [0.05, 0.1) is 17.0 Å². The molecule has 2 N–H and O–H groups in total. The highest BCUT2D eigenvalue weighted by Crippen LogP contribution is 2.36. The zero-order chi connectivity index (χ0) is 17.1. The van der Waals surface area contributed by atoms with Crippen molar-refractivity contribution in [3.05, 3.63) is 59.9 Å². The summed E-state index contributed by atoms with van der Waals surface area (Å²) in [6.07, 6.45) is 0.0936. The molecule has 24 heavy (non-hydrogen) atoms. The number of para-hydroxylation sites is 1. The molecule has 124 valence electrons. The molecule has 0 aliphatic carbocycles. The molecule has 6 heteroatoms. The third-order valence-electron chi connectivity index (χ3n) is 3.82. The second kappa shape index (κ2) is 7.05. The smallest absolute Gasteiger partial charge is 0.238 e. The van der Waals surface area contributed by atoms with Gasteiger partial charge in [-0.1, -0.05) is 24.3 Å². The summed E-state index contributed by atoms with van der Waals surface area (Å²) >= 11 is 1.40. The van der Waals surface area contributed by atoms with Gasteiger partial charge < -0.3 is 10.6 Å². The lowest BCUT2D eigenvalue weighted by atomic mass is 10.1. The lowest BCUT2D eigenvalue weighted by Crippen LogP contribution is -2.35. The molecule has 2 aromatic carbocycles. The van der Waals surface area contributed by atoms with E-state index in [1.807, 2.05) is 31.2 Å². The number of rotatable bonds is 4. The van der Waals surface area contributed by atoms with Crippen molar-refractivity contribution in [1.82, 2.24) is 5.32 Å². The van der Waals surface area contributed by atoms with Crippen LogP contribution in [-0.2, 0) is 9.59 Å². The van der Waals surface area contributed by atoms with E-state index in [4.69, 9.17) is 0 Å². The lowest BCUT2D eigenvalue weighted by Gasteiger charge is -2.24. The fourth-order valence-electron chi connectivity index (χ4n) is 2.53. The Hall–Kier alpha value is -2.34. The van der Waals surface area contributed by atoms with Gasteiger partial charge in [-0.05, 0) is 36.8 Å². The van der Waals surface area contributed by atoms with E-state index in [1.54, 1.807) is 12.1 Å². The van der Waals surface area contributed by atoms with Gasteiger partial charge in [-0.2, -0.15) is 0 Å². The van der Waals surface area contributed by atoms with Crippen molar-refractivity contribution in [2.45, 2.75) is 29.5 Å². The Kier molecular flexibility index (Phi) is 4.85. The Labute approximate surface area is 143 Å². The average Bonchev–Trinajstić information content (AvgIpc) is 2.56. The minimum absolute atomic E-state index is 0.0936. The van der Waals surface area contributed by atoms with Gasteiger partial charge in [0.1, 0.15) is 5.82 Å². The van der Waals surface area contributed by atoms with Crippen LogP contribution >= 0.6 is 11.8 Å². The van der Waals surface area contributed by atoms with Crippen LogP contribution in [0.15, 0.2) is 53.4 Å². The SMILES string of the molecule is C[C@@H](NC(=O)C[C@H]1Sc2ccccc2NC1=O)c1ccc(F)cc1. The molecule has 1 aliphatic rings. The number of fused-ring (bicyclic) bond motifs is 1. The summed E-state index contributed by atoms with van der Waals surface area (Å²) < 4.78 is 13.0. The molecule has 0 bridgehead atoms. The van der Waals surface area contributed by atoms with Gasteiger partial charge in [0.2, 0.25) is 11.8 Å². The minimum atomic E-state index is -0.458. The summed E-state index contributed by atoms with van der Waals surface area (Å²) in [6.45, 7) is 1.83. The normalized spacial score (nSPS) is 17.6. The first-order chi connectivity index (χ1) is 11.5. The van der Waals surface area contributed by atoms with E-state index < -0.39 is 5.25 Å². The summed E-state index contributed by atoms with van der Waals surface area (Å²) in [7, 11) is 0. The first kappa shape index (κ1) is 16.5. The molecule has 0 spiro atoms. The van der Waals surface area contributed by atoms with E-state index in [0.29, 0.717) is 0 Å². The monoisotopic (exact) mass is 344 g/mol. The first-order valence-corrected chi connectivity index (χ1v) is 8.52. The largest absolute Gasteiger partial charge is 0.350 e. The van der Waals surface area contributed by atoms with E-state index in [2.05, 4.69) is 10.6 Å². The maximum Gasteiger partial charge on any atom is 0.238 e. The third-order valence-corrected chi connectivity index (χ3v) is 5.10. The van der Waals surface area contributed by atoms with Crippen molar-refractivity contribution in [3.8, 4) is 0 Å². The number of thioether (sulfide) groups is 1. The predicted octanol–water partition coefficient (Wildman–Crippen LogP) is 3.51. The van der Waals surface area contributed by atoms with Gasteiger partial charge in [0, 0.05) is 11.3 Å². The molecule has 2 aromatic rings. The lowest BCUT2D eigenvalue weighted by molar-refractivity contribution is -0.124. The van der Waals surface area contributed by atoms with Crippen molar-refractivity contribution in [1.29, 1.82) is 0 Å². The molecule has 3 rings (SSSR count). The quantitative estimate of drug-likeness (QED) is 0.892. The molecular formula is C18H17FN2O2S. The van der Waals surface area contributed by atoms with Crippen molar-refractivity contribution in [2.75, 3.05) is 5.32 Å². The number of carbonyl (C=O) groups is 2. The Morgan fingerprint density at radius 2 is 1.96 bits per heavy atom. The standard InChI is InChI=1S/C18H17FN2O2S/c1-11(12-6-8-13(19)9-7-12)20-17(22)10-16-18(23)21-14-4-2-3-5-15(14)24-16/h2-9,11,16H,10H2,1H3,(H,20,22)(H,21,23)/t11-,16-/m1/s1. The molecule has 1 heterocycles. The van der Waals surface area contributed by atoms with Crippen LogP contribution in [0.1, 0.15) is 24.9 Å². The number of hydrogen-bond acceptors (Lipinski definition) is 3. The van der Waals surface area contributed by atoms with Crippen molar-refractivity contribution in [3.63, 3.8) is 0 Å². The molecule has 2 atom stereocenters. The summed E-state index contributed by atoms with van der Waals surface area (Å²) in [5.41, 5.74) is 1.60. The van der Waals surface area contributed by atoms with Gasteiger partial charge in [-0.15, -0.1) is 11.8 Å². The maximum atomic E-state index is 13.0. The summed E-state index contributed by atoms with van der Waals surface area (Å²) in [5.74, 6) is -0.687. The van der Waals surface area contributed by atoms with Crippen molar-refractivity contribution >= 4 is 29.3 Å². The van der Waals surface area contributed by atoms with Crippen LogP contribution in [0.2, 0.25) is 0 Å². The highest BCUT2D eigenvalue weighted by molar-refractivity contribution is 8.01.